The highest BCUT2D eigenvalue weighted by Gasteiger charge is 2.41. The van der Waals surface area contributed by atoms with E-state index in [1.54, 1.807) is 31.4 Å². The monoisotopic (exact) mass is 438 g/mol. The zero-order valence-electron chi connectivity index (χ0n) is 18.6. The Hall–Kier alpha value is -3.35. The number of amides is 2. The molecule has 0 spiro atoms. The minimum absolute atomic E-state index is 0.0605. The normalized spacial score (nSPS) is 18.3. The van der Waals surface area contributed by atoms with E-state index in [0.29, 0.717) is 24.9 Å². The second-order valence-corrected chi connectivity index (χ2v) is 7.97. The summed E-state index contributed by atoms with van der Waals surface area (Å²) >= 11 is 0. The van der Waals surface area contributed by atoms with Gasteiger partial charge in [0.15, 0.2) is 0 Å². The van der Waals surface area contributed by atoms with E-state index in [2.05, 4.69) is 6.92 Å². The molecule has 32 heavy (non-hydrogen) atoms. The number of piperidine rings is 1. The van der Waals surface area contributed by atoms with Crippen molar-refractivity contribution in [3.63, 3.8) is 0 Å². The molecule has 2 atom stereocenters. The number of ether oxygens (including phenoxy) is 2. The van der Waals surface area contributed by atoms with E-state index in [0.717, 1.165) is 29.7 Å². The van der Waals surface area contributed by atoms with E-state index in [1.807, 2.05) is 29.2 Å². The third-order valence-electron chi connectivity index (χ3n) is 5.84. The van der Waals surface area contributed by atoms with E-state index < -0.39 is 11.8 Å². The molecule has 0 bridgehead atoms. The number of benzene rings is 2. The van der Waals surface area contributed by atoms with Gasteiger partial charge in [0.25, 0.3) is 0 Å². The summed E-state index contributed by atoms with van der Waals surface area (Å²) in [7, 11) is 1.60. The van der Waals surface area contributed by atoms with Gasteiger partial charge >= 0.3 is 5.97 Å². The maximum atomic E-state index is 13.1. The number of unbranched alkanes of at least 4 members (excludes halogenated alkanes) is 1. The number of hydrogen-bond donors (Lipinski definition) is 1. The Kier molecular flexibility index (Phi) is 7.87. The van der Waals surface area contributed by atoms with Gasteiger partial charge in [0.2, 0.25) is 11.8 Å². The molecule has 2 amide bonds. The van der Waals surface area contributed by atoms with E-state index in [1.165, 1.54) is 0 Å². The van der Waals surface area contributed by atoms with Crippen LogP contribution < -0.4 is 10.5 Å². The topological polar surface area (TPSA) is 98.9 Å². The van der Waals surface area contributed by atoms with E-state index in [4.69, 9.17) is 15.2 Å². The number of nitrogens with two attached hydrogens (primary N) is 1. The fourth-order valence-corrected chi connectivity index (χ4v) is 4.03. The van der Waals surface area contributed by atoms with Gasteiger partial charge in [-0.1, -0.05) is 37.6 Å². The molecule has 170 valence electrons. The molecule has 0 aromatic heterocycles. The number of carbonyl (C=O) groups is 3. The van der Waals surface area contributed by atoms with Gasteiger partial charge < -0.3 is 20.1 Å². The van der Waals surface area contributed by atoms with Crippen molar-refractivity contribution in [2.75, 3.05) is 13.7 Å². The van der Waals surface area contributed by atoms with Gasteiger partial charge in [-0.2, -0.15) is 0 Å². The van der Waals surface area contributed by atoms with Gasteiger partial charge in [-0.3, -0.25) is 14.4 Å². The lowest BCUT2D eigenvalue weighted by atomic mass is 9.84. The smallest absolute Gasteiger partial charge is 0.311 e. The number of primary amides is 1. The summed E-state index contributed by atoms with van der Waals surface area (Å²) in [6.07, 6.45) is 2.59. The maximum Gasteiger partial charge on any atom is 0.311 e. The van der Waals surface area contributed by atoms with Crippen LogP contribution in [-0.2, 0) is 20.9 Å². The fourth-order valence-electron chi connectivity index (χ4n) is 4.03. The molecule has 0 aliphatic carbocycles. The minimum atomic E-state index is -0.505. The zero-order chi connectivity index (χ0) is 23.1. The molecule has 7 nitrogen and oxygen atoms in total. The number of likely N-dealkylation sites (tertiary alicyclic amines) is 1. The summed E-state index contributed by atoms with van der Waals surface area (Å²) in [6, 6.07) is 13.8. The van der Waals surface area contributed by atoms with Crippen molar-refractivity contribution in [1.29, 1.82) is 0 Å². The Labute approximate surface area is 188 Å². The third kappa shape index (κ3) is 5.46. The quantitative estimate of drug-likeness (QED) is 0.603. The van der Waals surface area contributed by atoms with Crippen molar-refractivity contribution < 1.29 is 23.9 Å². The van der Waals surface area contributed by atoms with Crippen LogP contribution in [0.1, 0.15) is 60.1 Å². The predicted molar refractivity (Wildman–Crippen MR) is 120 cm³/mol. The molecule has 1 fully saturated rings. The Morgan fingerprint density at radius 2 is 1.78 bits per heavy atom. The van der Waals surface area contributed by atoms with Gasteiger partial charge in [0.1, 0.15) is 12.4 Å². The van der Waals surface area contributed by atoms with Crippen LogP contribution in [0.5, 0.6) is 5.75 Å². The number of hydrogen-bond acceptors (Lipinski definition) is 5. The number of nitrogens with zero attached hydrogens (tertiary/aromatic N) is 1. The Morgan fingerprint density at radius 1 is 1.09 bits per heavy atom. The van der Waals surface area contributed by atoms with Crippen molar-refractivity contribution >= 4 is 17.8 Å². The van der Waals surface area contributed by atoms with Crippen LogP contribution in [0.3, 0.4) is 0 Å². The molecule has 0 radical (unpaired) electrons. The number of methoxy groups -OCH3 is 1. The Bertz CT molecular complexity index is 940. The molecule has 0 unspecified atom stereocenters. The van der Waals surface area contributed by atoms with E-state index >= 15 is 0 Å². The Balaban J connectivity index is 1.79. The molecular weight excluding hydrogens is 408 g/mol. The number of carbonyl (C=O) groups excluding carboxylic acids is 3. The van der Waals surface area contributed by atoms with Gasteiger partial charge in [-0.25, -0.2) is 0 Å². The molecule has 2 N–H and O–H groups in total. The molecule has 2 aromatic carbocycles. The second-order valence-electron chi connectivity index (χ2n) is 7.97. The van der Waals surface area contributed by atoms with Crippen LogP contribution in [0.15, 0.2) is 48.5 Å². The summed E-state index contributed by atoms with van der Waals surface area (Å²) < 4.78 is 10.9. The van der Waals surface area contributed by atoms with Crippen LogP contribution in [0.4, 0.5) is 0 Å². The van der Waals surface area contributed by atoms with Gasteiger partial charge in [-0.15, -0.1) is 0 Å². The molecule has 0 saturated carbocycles. The summed E-state index contributed by atoms with van der Waals surface area (Å²) in [5.74, 6) is -0.517. The van der Waals surface area contributed by atoms with Crippen molar-refractivity contribution in [3.05, 3.63) is 65.2 Å². The van der Waals surface area contributed by atoms with Gasteiger partial charge in [0.05, 0.1) is 19.1 Å². The third-order valence-corrected chi connectivity index (χ3v) is 5.84. The van der Waals surface area contributed by atoms with Crippen LogP contribution in [0.25, 0.3) is 0 Å². The first kappa shape index (κ1) is 23.3. The van der Waals surface area contributed by atoms with Gasteiger partial charge in [-0.05, 0) is 48.2 Å². The summed E-state index contributed by atoms with van der Waals surface area (Å²) in [5, 5.41) is 0. The average molecular weight is 439 g/mol. The zero-order valence-corrected chi connectivity index (χ0v) is 18.6. The lowest BCUT2D eigenvalue weighted by Gasteiger charge is -2.40. The van der Waals surface area contributed by atoms with Gasteiger partial charge in [0, 0.05) is 18.5 Å². The molecule has 1 aliphatic heterocycles. The Morgan fingerprint density at radius 3 is 2.38 bits per heavy atom. The number of rotatable bonds is 9. The second kappa shape index (κ2) is 10.8. The number of esters is 1. The largest absolute Gasteiger partial charge is 0.497 e. The molecule has 3 rings (SSSR count). The van der Waals surface area contributed by atoms with Crippen molar-refractivity contribution in [1.82, 2.24) is 4.90 Å². The minimum Gasteiger partial charge on any atom is -0.497 e. The van der Waals surface area contributed by atoms with E-state index in [-0.39, 0.29) is 24.5 Å². The first-order chi connectivity index (χ1) is 15.4. The molecule has 7 heteroatoms. The maximum absolute atomic E-state index is 13.1. The summed E-state index contributed by atoms with van der Waals surface area (Å²) in [4.78, 5) is 38.9. The average Bonchev–Trinajstić information content (AvgIpc) is 2.82. The van der Waals surface area contributed by atoms with E-state index in [9.17, 15) is 14.4 Å². The highest BCUT2D eigenvalue weighted by molar-refractivity contribution is 5.92. The predicted octanol–water partition coefficient (Wildman–Crippen LogP) is 3.62. The lowest BCUT2D eigenvalue weighted by Crippen LogP contribution is -2.46. The van der Waals surface area contributed by atoms with Crippen molar-refractivity contribution in [2.24, 2.45) is 11.7 Å². The van der Waals surface area contributed by atoms with Crippen LogP contribution in [-0.4, -0.2) is 36.3 Å². The van der Waals surface area contributed by atoms with Crippen LogP contribution >= 0.6 is 0 Å². The molecular formula is C25H30N2O5. The van der Waals surface area contributed by atoms with Crippen molar-refractivity contribution in [3.8, 4) is 5.75 Å². The first-order valence-corrected chi connectivity index (χ1v) is 10.9. The summed E-state index contributed by atoms with van der Waals surface area (Å²) in [6.45, 7) is 2.77. The van der Waals surface area contributed by atoms with Crippen LogP contribution in [0.2, 0.25) is 0 Å². The SMILES string of the molecule is CCCCN1C(=O)CC[C@@H](C(=O)OCc2ccc(C(N)=O)cc2)[C@H]1c1ccc(OC)cc1. The molecule has 1 heterocycles. The molecule has 2 aromatic rings. The highest BCUT2D eigenvalue weighted by atomic mass is 16.5. The molecule has 1 aliphatic rings. The fraction of sp³-hybridized carbons (Fsp3) is 0.400. The lowest BCUT2D eigenvalue weighted by molar-refractivity contribution is -0.158. The van der Waals surface area contributed by atoms with Crippen LogP contribution in [0, 0.1) is 5.92 Å². The highest BCUT2D eigenvalue weighted by Crippen LogP contribution is 2.38. The van der Waals surface area contributed by atoms with Crippen molar-refractivity contribution in [2.45, 2.75) is 45.3 Å². The molecule has 1 saturated heterocycles. The summed E-state index contributed by atoms with van der Waals surface area (Å²) in [5.41, 5.74) is 7.32. The first-order valence-electron chi connectivity index (χ1n) is 10.9. The standard InChI is InChI=1S/C25H30N2O5/c1-3-4-15-27-22(28)14-13-21(23(27)18-9-11-20(31-2)12-10-18)25(30)32-16-17-5-7-19(8-6-17)24(26)29/h5-12,21,23H,3-4,13-16H2,1-2H3,(H2,26,29)/t21-,23-/m1/s1.